The lowest BCUT2D eigenvalue weighted by Gasteiger charge is -2.37. The molecule has 0 aromatic rings. The molecule has 1 saturated heterocycles. The maximum absolute atomic E-state index is 9.17. The van der Waals surface area contributed by atoms with Crippen molar-refractivity contribution in [2.24, 2.45) is 0 Å². The van der Waals surface area contributed by atoms with Crippen LogP contribution in [0.3, 0.4) is 0 Å². The van der Waals surface area contributed by atoms with Gasteiger partial charge in [0.05, 0.1) is 7.95 Å². The molecule has 0 radical (unpaired) electrons. The summed E-state index contributed by atoms with van der Waals surface area (Å²) < 4.78 is 11.3. The van der Waals surface area contributed by atoms with Crippen molar-refractivity contribution >= 4 is 0 Å². The van der Waals surface area contributed by atoms with E-state index in [1.807, 2.05) is 0 Å². The molecule has 0 aromatic carbocycles. The molecule has 2 unspecified atom stereocenters. The Morgan fingerprint density at radius 2 is 1.67 bits per heavy atom. The molecule has 0 spiro atoms. The number of hydrogen-bond acceptors (Lipinski definition) is 6. The Balaban J connectivity index is 2.70. The second-order valence-electron chi connectivity index (χ2n) is 2.61. The van der Waals surface area contributed by atoms with Crippen molar-refractivity contribution in [1.29, 1.82) is 0 Å². The molecule has 0 aliphatic carbocycles. The van der Waals surface area contributed by atoms with Crippen molar-refractivity contribution in [3.05, 3.63) is 0 Å². The number of rotatable bonds is 1. The van der Waals surface area contributed by atoms with Gasteiger partial charge in [-0.1, -0.05) is 0 Å². The second-order valence-corrected chi connectivity index (χ2v) is 2.61. The molecule has 1 aliphatic heterocycles. The largest absolute Gasteiger partial charge is 0.394 e. The van der Waals surface area contributed by atoms with Crippen molar-refractivity contribution in [3.63, 3.8) is 0 Å². The van der Waals surface area contributed by atoms with E-state index >= 15 is 0 Å². The third-order valence-corrected chi connectivity index (χ3v) is 1.77. The van der Waals surface area contributed by atoms with Crippen LogP contribution < -0.4 is 0 Å². The summed E-state index contributed by atoms with van der Waals surface area (Å²) in [4.78, 5) is 0. The molecule has 0 bridgehead atoms. The van der Waals surface area contributed by atoms with Gasteiger partial charge < -0.3 is 30.3 Å². The van der Waals surface area contributed by atoms with Crippen LogP contribution in [0.15, 0.2) is 0 Å². The Kier molecular flexibility index (Phi) is 2.54. The number of aliphatic hydroxyl groups excluding tert-OH is 5. The van der Waals surface area contributed by atoms with Crippen LogP contribution in [0.5, 0.6) is 0 Å². The molecule has 0 aromatic heterocycles. The van der Waals surface area contributed by atoms with Gasteiger partial charge in [0.15, 0.2) is 6.29 Å². The van der Waals surface area contributed by atoms with Crippen LogP contribution in [-0.4, -0.2) is 62.8 Å². The number of aliphatic hydroxyl groups is 5. The first kappa shape index (κ1) is 8.36. The van der Waals surface area contributed by atoms with E-state index in [2.05, 4.69) is 4.74 Å². The monoisotopic (exact) mass is 181 g/mol. The van der Waals surface area contributed by atoms with Crippen molar-refractivity contribution in [1.82, 2.24) is 0 Å². The first-order valence-electron chi connectivity index (χ1n) is 4.01. The van der Waals surface area contributed by atoms with Gasteiger partial charge in [-0.3, -0.25) is 0 Å². The zero-order valence-electron chi connectivity index (χ0n) is 7.11. The van der Waals surface area contributed by atoms with Gasteiger partial charge in [-0.15, -0.1) is 0 Å². The lowest BCUT2D eigenvalue weighted by atomic mass is 10.00. The normalized spacial score (nSPS) is 53.1. The third kappa shape index (κ3) is 1.58. The molecule has 0 saturated carbocycles. The van der Waals surface area contributed by atoms with E-state index in [1.165, 1.54) is 0 Å². The Bertz CT molecular complexity index is 177. The van der Waals surface area contributed by atoms with Crippen LogP contribution in [0.25, 0.3) is 0 Å². The molecule has 0 amide bonds. The van der Waals surface area contributed by atoms with Gasteiger partial charge in [0.2, 0.25) is 0 Å². The molecule has 1 rings (SSSR count). The van der Waals surface area contributed by atoms with Gasteiger partial charge in [-0.25, -0.2) is 0 Å². The second kappa shape index (κ2) is 3.65. The number of hydrogen-bond donors (Lipinski definition) is 5. The van der Waals surface area contributed by atoms with Crippen LogP contribution in [0.4, 0.5) is 0 Å². The van der Waals surface area contributed by atoms with Crippen molar-refractivity contribution < 1.29 is 31.6 Å². The summed E-state index contributed by atoms with van der Waals surface area (Å²) in [6.07, 6.45) is -7.98. The van der Waals surface area contributed by atoms with Crippen molar-refractivity contribution in [3.8, 4) is 0 Å². The summed E-state index contributed by atoms with van der Waals surface area (Å²) in [5, 5.41) is 45.0. The molecule has 5 N–H and O–H groups in total. The summed E-state index contributed by atoms with van der Waals surface area (Å²) in [6.45, 7) is -1.79. The minimum atomic E-state index is -1.79. The van der Waals surface area contributed by atoms with Gasteiger partial charge in [-0.05, 0) is 0 Å². The van der Waals surface area contributed by atoms with Crippen molar-refractivity contribution in [2.45, 2.75) is 30.7 Å². The van der Waals surface area contributed by atoms with Gasteiger partial charge in [0, 0.05) is 0 Å². The topological polar surface area (TPSA) is 110 Å². The van der Waals surface area contributed by atoms with Crippen LogP contribution in [-0.2, 0) is 4.74 Å². The average molecular weight is 181 g/mol. The maximum atomic E-state index is 9.17. The summed E-state index contributed by atoms with van der Waals surface area (Å²) in [5.74, 6) is 0. The van der Waals surface area contributed by atoms with E-state index in [0.29, 0.717) is 0 Å². The standard InChI is InChI=1S/C6H12O6/c7-1-2-3(8)4(9)5(10)6(11)12-2/h2-11H,1H2/t2-,3-,4+,5-,6?/m1/s1/i1D/t1?,2-,3-,4+,5-,6?. The highest BCUT2D eigenvalue weighted by Gasteiger charge is 2.42. The zero-order chi connectivity index (χ0) is 10.2. The smallest absolute Gasteiger partial charge is 0.184 e. The van der Waals surface area contributed by atoms with E-state index in [1.54, 1.807) is 0 Å². The molecule has 1 aliphatic rings. The minimum absolute atomic E-state index is 1.42. The Hall–Kier alpha value is -0.240. The van der Waals surface area contributed by atoms with Gasteiger partial charge in [0.25, 0.3) is 0 Å². The van der Waals surface area contributed by atoms with E-state index in [9.17, 15) is 0 Å². The molecule has 72 valence electrons. The third-order valence-electron chi connectivity index (χ3n) is 1.77. The fraction of sp³-hybridized carbons (Fsp3) is 1.00. The van der Waals surface area contributed by atoms with E-state index in [0.717, 1.165) is 0 Å². The lowest BCUT2D eigenvalue weighted by molar-refractivity contribution is -0.286. The average Bonchev–Trinajstić information content (AvgIpc) is 2.07. The van der Waals surface area contributed by atoms with E-state index in [-0.39, 0.29) is 0 Å². The SMILES string of the molecule is [2H]C(O)[C@H]1OC(O)[C@H](O)[C@@H](O)[C@@H]1O. The van der Waals surface area contributed by atoms with Crippen LogP contribution in [0.1, 0.15) is 1.37 Å². The summed E-state index contributed by atoms with van der Waals surface area (Å²) in [7, 11) is 0. The van der Waals surface area contributed by atoms with Gasteiger partial charge >= 0.3 is 0 Å². The molecular formula is C6H12O6. The molecule has 1 fully saturated rings. The lowest BCUT2D eigenvalue weighted by Crippen LogP contribution is -2.58. The van der Waals surface area contributed by atoms with Crippen LogP contribution >= 0.6 is 0 Å². The summed E-state index contributed by atoms with van der Waals surface area (Å²) in [6, 6.07) is 0. The predicted octanol–water partition coefficient (Wildman–Crippen LogP) is -3.22. The first-order valence-corrected chi connectivity index (χ1v) is 3.43. The van der Waals surface area contributed by atoms with Crippen LogP contribution in [0.2, 0.25) is 0 Å². The molecule has 6 heteroatoms. The first-order chi connectivity index (χ1) is 5.95. The molecule has 6 atom stereocenters. The highest BCUT2D eigenvalue weighted by Crippen LogP contribution is 2.18. The molecule has 1 heterocycles. The predicted molar refractivity (Wildman–Crippen MR) is 36.0 cm³/mol. The zero-order valence-corrected chi connectivity index (χ0v) is 6.11. The van der Waals surface area contributed by atoms with Crippen molar-refractivity contribution in [2.75, 3.05) is 6.58 Å². The van der Waals surface area contributed by atoms with Crippen LogP contribution in [0, 0.1) is 0 Å². The van der Waals surface area contributed by atoms with Gasteiger partial charge in [-0.2, -0.15) is 0 Å². The Labute approximate surface area is 70.0 Å². The fourth-order valence-electron chi connectivity index (χ4n) is 1.01. The molecular weight excluding hydrogens is 168 g/mol. The highest BCUT2D eigenvalue weighted by molar-refractivity contribution is 4.87. The van der Waals surface area contributed by atoms with E-state index in [4.69, 9.17) is 26.9 Å². The summed E-state index contributed by atoms with van der Waals surface area (Å²) in [5.41, 5.74) is 0. The Morgan fingerprint density at radius 3 is 2.17 bits per heavy atom. The van der Waals surface area contributed by atoms with Gasteiger partial charge in [0.1, 0.15) is 24.4 Å². The quantitative estimate of drug-likeness (QED) is 0.291. The minimum Gasteiger partial charge on any atom is -0.394 e. The Morgan fingerprint density at radius 1 is 1.08 bits per heavy atom. The van der Waals surface area contributed by atoms with E-state index < -0.39 is 37.3 Å². The molecule has 12 heavy (non-hydrogen) atoms. The fourth-order valence-corrected chi connectivity index (χ4v) is 1.01. The summed E-state index contributed by atoms with van der Waals surface area (Å²) >= 11 is 0. The number of ether oxygens (including phenoxy) is 1. The molecule has 6 nitrogen and oxygen atoms in total. The maximum Gasteiger partial charge on any atom is 0.184 e. The highest BCUT2D eigenvalue weighted by atomic mass is 16.6.